The van der Waals surface area contributed by atoms with Crippen LogP contribution >= 0.6 is 12.4 Å². The molecule has 3 fully saturated rings. The number of rotatable bonds is 4. The van der Waals surface area contributed by atoms with Gasteiger partial charge in [-0.15, -0.1) is 12.4 Å². The summed E-state index contributed by atoms with van der Waals surface area (Å²) in [5, 5.41) is 10.1. The summed E-state index contributed by atoms with van der Waals surface area (Å²) < 4.78 is 0. The fourth-order valence-electron chi connectivity index (χ4n) is 6.54. The number of phenolic OH excluding ortho intramolecular Hbond substituents is 1. The molecule has 1 heterocycles. The summed E-state index contributed by atoms with van der Waals surface area (Å²) in [6.45, 7) is 2.35. The Bertz CT molecular complexity index is 716. The number of phenols is 1. The second-order valence-corrected chi connectivity index (χ2v) is 9.35. The van der Waals surface area contributed by atoms with E-state index < -0.39 is 0 Å². The van der Waals surface area contributed by atoms with E-state index in [2.05, 4.69) is 11.0 Å². The number of likely N-dealkylation sites (tertiary alicyclic amines) is 1. The van der Waals surface area contributed by atoms with Crippen LogP contribution in [-0.4, -0.2) is 34.9 Å². The zero-order valence-electron chi connectivity index (χ0n) is 16.2. The maximum atomic E-state index is 12.4. The summed E-state index contributed by atoms with van der Waals surface area (Å²) in [5.41, 5.74) is 2.67. The Balaban J connectivity index is 0.00000180. The first-order valence-corrected chi connectivity index (χ1v) is 10.7. The highest BCUT2D eigenvalue weighted by Gasteiger charge is 2.55. The van der Waals surface area contributed by atoms with Crippen molar-refractivity contribution >= 4 is 18.2 Å². The molecule has 148 valence electrons. The number of piperidine rings is 1. The Morgan fingerprint density at radius 2 is 2.07 bits per heavy atom. The van der Waals surface area contributed by atoms with Gasteiger partial charge in [-0.2, -0.15) is 0 Å². The van der Waals surface area contributed by atoms with Crippen LogP contribution in [-0.2, 0) is 16.6 Å². The number of hydrogen-bond acceptors (Lipinski definition) is 3. The maximum absolute atomic E-state index is 12.4. The van der Waals surface area contributed by atoms with E-state index in [1.807, 2.05) is 12.1 Å². The van der Waals surface area contributed by atoms with Crippen LogP contribution in [0.3, 0.4) is 0 Å². The molecular weight excluding hydrogens is 358 g/mol. The number of aromatic hydroxyl groups is 1. The molecule has 3 nitrogen and oxygen atoms in total. The molecule has 3 atom stereocenters. The summed E-state index contributed by atoms with van der Waals surface area (Å²) in [4.78, 5) is 15.2. The van der Waals surface area contributed by atoms with E-state index in [-0.39, 0.29) is 17.8 Å². The molecule has 27 heavy (non-hydrogen) atoms. The van der Waals surface area contributed by atoms with Gasteiger partial charge < -0.3 is 5.11 Å². The summed E-state index contributed by atoms with van der Waals surface area (Å²) in [5.74, 6) is 2.37. The third-order valence-corrected chi connectivity index (χ3v) is 8.08. The highest BCUT2D eigenvalue weighted by Crippen LogP contribution is 2.55. The van der Waals surface area contributed by atoms with Gasteiger partial charge in [0.05, 0.1) is 0 Å². The summed E-state index contributed by atoms with van der Waals surface area (Å²) in [6, 6.07) is 6.52. The molecule has 1 aromatic carbocycles. The third-order valence-electron chi connectivity index (χ3n) is 8.08. The molecule has 1 saturated heterocycles. The van der Waals surface area contributed by atoms with Gasteiger partial charge in [-0.05, 0) is 80.3 Å². The fourth-order valence-corrected chi connectivity index (χ4v) is 6.54. The minimum Gasteiger partial charge on any atom is -0.508 e. The molecule has 1 N–H and O–H groups in total. The average Bonchev–Trinajstić information content (AvgIpc) is 2.59. The van der Waals surface area contributed by atoms with Crippen molar-refractivity contribution in [3.63, 3.8) is 0 Å². The SMILES string of the molecule is Cl.O=C1CC[C@H]2[C@H]3Cc4ccc(O)cc4[C@@]2(CCN3CCCC2CCC2)C1. The fraction of sp³-hybridized carbons (Fsp3) is 0.696. The van der Waals surface area contributed by atoms with Crippen molar-refractivity contribution in [3.05, 3.63) is 29.3 Å². The van der Waals surface area contributed by atoms with Crippen LogP contribution in [0.2, 0.25) is 0 Å². The molecule has 1 aliphatic heterocycles. The molecule has 5 rings (SSSR count). The van der Waals surface area contributed by atoms with Gasteiger partial charge in [0.2, 0.25) is 0 Å². The topological polar surface area (TPSA) is 40.5 Å². The lowest BCUT2D eigenvalue weighted by Crippen LogP contribution is -2.62. The molecule has 3 aliphatic carbocycles. The van der Waals surface area contributed by atoms with Crippen LogP contribution in [0.1, 0.15) is 68.9 Å². The molecular formula is C23H32ClNO2. The summed E-state index contributed by atoms with van der Waals surface area (Å²) in [6.07, 6.45) is 11.8. The number of hydrogen-bond donors (Lipinski definition) is 1. The molecule has 0 spiro atoms. The maximum Gasteiger partial charge on any atom is 0.133 e. The van der Waals surface area contributed by atoms with Crippen molar-refractivity contribution in [2.45, 2.75) is 75.7 Å². The van der Waals surface area contributed by atoms with Crippen molar-refractivity contribution in [2.24, 2.45) is 11.8 Å². The third kappa shape index (κ3) is 3.21. The molecule has 4 aliphatic rings. The number of nitrogens with zero attached hydrogens (tertiary/aromatic N) is 1. The molecule has 2 bridgehead atoms. The standard InChI is InChI=1S/C23H31NO2.ClH/c25-18-7-6-17-13-22-20-9-8-19(26)15-23(20,21(17)14-18)10-12-24(22)11-2-5-16-3-1-4-16;/h6-7,14,16,20,22,25H,1-5,8-13,15H2;1H/t20-,22+,23-;/m0./s1. The molecule has 0 radical (unpaired) electrons. The van der Waals surface area contributed by atoms with Gasteiger partial charge in [0.15, 0.2) is 0 Å². The number of halogens is 1. The first-order valence-electron chi connectivity index (χ1n) is 10.7. The van der Waals surface area contributed by atoms with Crippen LogP contribution in [0.15, 0.2) is 18.2 Å². The summed E-state index contributed by atoms with van der Waals surface area (Å²) >= 11 is 0. The minimum absolute atomic E-state index is 0. The Hall–Kier alpha value is -1.06. The van der Waals surface area contributed by atoms with Crippen LogP contribution in [0.5, 0.6) is 5.75 Å². The van der Waals surface area contributed by atoms with E-state index in [4.69, 9.17) is 0 Å². The van der Waals surface area contributed by atoms with Crippen molar-refractivity contribution in [1.29, 1.82) is 0 Å². The Morgan fingerprint density at radius 3 is 2.85 bits per heavy atom. The zero-order valence-corrected chi connectivity index (χ0v) is 17.0. The monoisotopic (exact) mass is 389 g/mol. The van der Waals surface area contributed by atoms with Crippen molar-refractivity contribution in [3.8, 4) is 5.75 Å². The van der Waals surface area contributed by atoms with E-state index in [0.29, 0.717) is 29.9 Å². The molecule has 2 saturated carbocycles. The molecule has 0 aromatic heterocycles. The molecule has 0 amide bonds. The Morgan fingerprint density at radius 1 is 1.22 bits per heavy atom. The lowest BCUT2D eigenvalue weighted by atomic mass is 9.52. The van der Waals surface area contributed by atoms with Gasteiger partial charge in [-0.25, -0.2) is 0 Å². The van der Waals surface area contributed by atoms with Crippen molar-refractivity contribution in [2.75, 3.05) is 13.1 Å². The molecule has 1 aromatic rings. The van der Waals surface area contributed by atoms with E-state index in [0.717, 1.165) is 38.1 Å². The van der Waals surface area contributed by atoms with Gasteiger partial charge in [0, 0.05) is 24.3 Å². The number of Topliss-reactive ketones (excluding diaryl/α,β-unsaturated/α-hetero) is 1. The number of ketones is 1. The van der Waals surface area contributed by atoms with E-state index in [9.17, 15) is 9.90 Å². The Kier molecular flexibility index (Phi) is 5.28. The van der Waals surface area contributed by atoms with Crippen LogP contribution in [0.25, 0.3) is 0 Å². The van der Waals surface area contributed by atoms with Crippen LogP contribution in [0.4, 0.5) is 0 Å². The van der Waals surface area contributed by atoms with Gasteiger partial charge in [-0.1, -0.05) is 25.3 Å². The van der Waals surface area contributed by atoms with Crippen molar-refractivity contribution < 1.29 is 9.90 Å². The number of carbonyl (C=O) groups excluding carboxylic acids is 1. The van der Waals surface area contributed by atoms with E-state index >= 15 is 0 Å². The normalized spacial score (nSPS) is 32.8. The van der Waals surface area contributed by atoms with Gasteiger partial charge in [-0.3, -0.25) is 9.69 Å². The highest BCUT2D eigenvalue weighted by molar-refractivity contribution is 5.85. The lowest BCUT2D eigenvalue weighted by molar-refractivity contribution is -0.127. The highest BCUT2D eigenvalue weighted by atomic mass is 35.5. The lowest BCUT2D eigenvalue weighted by Gasteiger charge is -2.58. The zero-order chi connectivity index (χ0) is 17.7. The van der Waals surface area contributed by atoms with Crippen LogP contribution in [0, 0.1) is 11.8 Å². The first-order chi connectivity index (χ1) is 12.7. The second kappa shape index (κ2) is 7.40. The van der Waals surface area contributed by atoms with Gasteiger partial charge in [0.25, 0.3) is 0 Å². The minimum atomic E-state index is -0.00318. The molecule has 4 heteroatoms. The predicted molar refractivity (Wildman–Crippen MR) is 110 cm³/mol. The largest absolute Gasteiger partial charge is 0.508 e. The first kappa shape index (κ1) is 19.3. The summed E-state index contributed by atoms with van der Waals surface area (Å²) in [7, 11) is 0. The van der Waals surface area contributed by atoms with Crippen LogP contribution < -0.4 is 0 Å². The van der Waals surface area contributed by atoms with Gasteiger partial charge in [0.1, 0.15) is 11.5 Å². The van der Waals surface area contributed by atoms with E-state index in [1.165, 1.54) is 49.8 Å². The quantitative estimate of drug-likeness (QED) is 0.815. The Labute approximate surface area is 168 Å². The van der Waals surface area contributed by atoms with Crippen molar-refractivity contribution in [1.82, 2.24) is 4.90 Å². The number of benzene rings is 1. The smallest absolute Gasteiger partial charge is 0.133 e. The predicted octanol–water partition coefficient (Wildman–Crippen LogP) is 4.63. The number of fused-ring (bicyclic) bond motifs is 1. The average molecular weight is 390 g/mol. The van der Waals surface area contributed by atoms with E-state index in [1.54, 1.807) is 0 Å². The number of carbonyl (C=O) groups is 1. The second-order valence-electron chi connectivity index (χ2n) is 9.35. The molecule has 0 unspecified atom stereocenters. The van der Waals surface area contributed by atoms with Gasteiger partial charge >= 0.3 is 0 Å².